The van der Waals surface area contributed by atoms with Crippen molar-refractivity contribution in [2.75, 3.05) is 15.8 Å². The van der Waals surface area contributed by atoms with Gasteiger partial charge in [0.2, 0.25) is 5.91 Å². The third-order valence-electron chi connectivity index (χ3n) is 4.27. The van der Waals surface area contributed by atoms with E-state index in [1.807, 2.05) is 42.5 Å². The fourth-order valence-electron chi connectivity index (χ4n) is 2.85. The van der Waals surface area contributed by atoms with E-state index in [1.54, 1.807) is 41.8 Å². The van der Waals surface area contributed by atoms with Gasteiger partial charge in [-0.1, -0.05) is 36.4 Å². The number of carbonyl (C=O) groups excluding carboxylic acids is 1. The Morgan fingerprint density at radius 3 is 2.33 bits per heavy atom. The van der Waals surface area contributed by atoms with Crippen molar-refractivity contribution in [3.63, 3.8) is 0 Å². The number of anilines is 2. The summed E-state index contributed by atoms with van der Waals surface area (Å²) in [5.74, 6) is 0.158. The van der Waals surface area contributed by atoms with Crippen LogP contribution in [-0.4, -0.2) is 20.1 Å². The van der Waals surface area contributed by atoms with E-state index in [2.05, 4.69) is 10.0 Å². The average Bonchev–Trinajstić information content (AvgIpc) is 3.29. The average molecular weight is 455 g/mol. The molecule has 0 spiro atoms. The molecule has 0 aliphatic rings. The second-order valence-corrected chi connectivity index (χ2v) is 10.4. The zero-order chi connectivity index (χ0) is 21.0. The highest BCUT2D eigenvalue weighted by molar-refractivity contribution is 8.00. The number of carbonyl (C=O) groups is 1. The molecule has 5 nitrogen and oxygen atoms in total. The molecule has 30 heavy (non-hydrogen) atoms. The molecule has 0 radical (unpaired) electrons. The number of nitrogens with one attached hydrogen (secondary N) is 2. The SMILES string of the molecule is O=C(CSc1ccc(NS(=O)(=O)c2cccs2)cc1)Nc1ccc2ccccc2c1. The summed E-state index contributed by atoms with van der Waals surface area (Å²) in [5, 5.41) is 6.83. The highest BCUT2D eigenvalue weighted by Gasteiger charge is 2.15. The first-order valence-electron chi connectivity index (χ1n) is 9.07. The minimum Gasteiger partial charge on any atom is -0.325 e. The van der Waals surface area contributed by atoms with Crippen molar-refractivity contribution in [1.82, 2.24) is 0 Å². The number of rotatable bonds is 7. The largest absolute Gasteiger partial charge is 0.325 e. The van der Waals surface area contributed by atoms with Crippen LogP contribution in [0, 0.1) is 0 Å². The van der Waals surface area contributed by atoms with Crippen LogP contribution in [-0.2, 0) is 14.8 Å². The zero-order valence-corrected chi connectivity index (χ0v) is 18.2. The van der Waals surface area contributed by atoms with Gasteiger partial charge in [0.1, 0.15) is 4.21 Å². The molecule has 4 aromatic rings. The van der Waals surface area contributed by atoms with E-state index >= 15 is 0 Å². The lowest BCUT2D eigenvalue weighted by Crippen LogP contribution is -2.14. The highest BCUT2D eigenvalue weighted by Crippen LogP contribution is 2.24. The second-order valence-electron chi connectivity index (χ2n) is 6.46. The van der Waals surface area contributed by atoms with Crippen molar-refractivity contribution in [2.24, 2.45) is 0 Å². The van der Waals surface area contributed by atoms with E-state index in [0.29, 0.717) is 5.69 Å². The van der Waals surface area contributed by atoms with E-state index in [4.69, 9.17) is 0 Å². The molecule has 0 aliphatic heterocycles. The quantitative estimate of drug-likeness (QED) is 0.365. The van der Waals surface area contributed by atoms with Gasteiger partial charge in [-0.2, -0.15) is 0 Å². The smallest absolute Gasteiger partial charge is 0.271 e. The first-order chi connectivity index (χ1) is 14.5. The molecular weight excluding hydrogens is 436 g/mol. The van der Waals surface area contributed by atoms with E-state index in [-0.39, 0.29) is 15.9 Å². The van der Waals surface area contributed by atoms with Crippen LogP contribution in [0.1, 0.15) is 0 Å². The Labute approximate surface area is 183 Å². The fourth-order valence-corrected chi connectivity index (χ4v) is 5.60. The van der Waals surface area contributed by atoms with Crippen LogP contribution >= 0.6 is 23.1 Å². The summed E-state index contributed by atoms with van der Waals surface area (Å²) in [7, 11) is -3.56. The molecule has 0 aliphatic carbocycles. The Kier molecular flexibility index (Phi) is 6.08. The maximum atomic E-state index is 12.3. The van der Waals surface area contributed by atoms with Crippen molar-refractivity contribution in [3.05, 3.63) is 84.2 Å². The molecule has 0 saturated carbocycles. The van der Waals surface area contributed by atoms with Gasteiger partial charge < -0.3 is 5.32 Å². The van der Waals surface area contributed by atoms with Crippen LogP contribution in [0.5, 0.6) is 0 Å². The summed E-state index contributed by atoms with van der Waals surface area (Å²) >= 11 is 2.55. The zero-order valence-electron chi connectivity index (χ0n) is 15.7. The van der Waals surface area contributed by atoms with E-state index in [0.717, 1.165) is 21.4 Å². The van der Waals surface area contributed by atoms with E-state index < -0.39 is 10.0 Å². The van der Waals surface area contributed by atoms with Gasteiger partial charge in [-0.15, -0.1) is 23.1 Å². The summed E-state index contributed by atoms with van der Waals surface area (Å²) in [6.07, 6.45) is 0. The first kappa shape index (κ1) is 20.5. The van der Waals surface area contributed by atoms with Gasteiger partial charge in [0.15, 0.2) is 0 Å². The van der Waals surface area contributed by atoms with Gasteiger partial charge >= 0.3 is 0 Å². The molecule has 1 amide bonds. The minimum absolute atomic E-state index is 0.0993. The highest BCUT2D eigenvalue weighted by atomic mass is 32.2. The van der Waals surface area contributed by atoms with Gasteiger partial charge in [0.25, 0.3) is 10.0 Å². The van der Waals surface area contributed by atoms with Gasteiger partial charge in [-0.3, -0.25) is 9.52 Å². The minimum atomic E-state index is -3.56. The van der Waals surface area contributed by atoms with Crippen molar-refractivity contribution in [2.45, 2.75) is 9.10 Å². The maximum Gasteiger partial charge on any atom is 0.271 e. The van der Waals surface area contributed by atoms with Crippen molar-refractivity contribution >= 4 is 61.2 Å². The predicted molar refractivity (Wildman–Crippen MR) is 125 cm³/mol. The van der Waals surface area contributed by atoms with Crippen molar-refractivity contribution in [1.29, 1.82) is 0 Å². The summed E-state index contributed by atoms with van der Waals surface area (Å²) in [5.41, 5.74) is 1.24. The molecule has 1 heterocycles. The summed E-state index contributed by atoms with van der Waals surface area (Å²) in [6.45, 7) is 0. The van der Waals surface area contributed by atoms with Crippen LogP contribution < -0.4 is 10.0 Å². The third kappa shape index (κ3) is 5.02. The van der Waals surface area contributed by atoms with Crippen LogP contribution in [0.15, 0.2) is 93.3 Å². The summed E-state index contributed by atoms with van der Waals surface area (Å²) in [4.78, 5) is 13.2. The first-order valence-corrected chi connectivity index (χ1v) is 12.4. The van der Waals surface area contributed by atoms with Crippen molar-refractivity contribution in [3.8, 4) is 0 Å². The lowest BCUT2D eigenvalue weighted by atomic mass is 10.1. The molecule has 1 aromatic heterocycles. The monoisotopic (exact) mass is 454 g/mol. The molecule has 8 heteroatoms. The number of benzene rings is 3. The number of fused-ring (bicyclic) bond motifs is 1. The molecule has 2 N–H and O–H groups in total. The standard InChI is InChI=1S/C22H18N2O3S3/c25-21(23-19-8-7-16-4-1-2-5-17(16)14-19)15-29-20-11-9-18(10-12-20)24-30(26,27)22-6-3-13-28-22/h1-14,24H,15H2,(H,23,25). The van der Waals surface area contributed by atoms with Gasteiger partial charge in [-0.05, 0) is 58.6 Å². The van der Waals surface area contributed by atoms with Crippen molar-refractivity contribution < 1.29 is 13.2 Å². The lowest BCUT2D eigenvalue weighted by molar-refractivity contribution is -0.113. The van der Waals surface area contributed by atoms with Gasteiger partial charge in [0.05, 0.1) is 5.75 Å². The predicted octanol–water partition coefficient (Wildman–Crippen LogP) is 5.43. The van der Waals surface area contributed by atoms with Crippen LogP contribution in [0.25, 0.3) is 10.8 Å². The summed E-state index contributed by atoms with van der Waals surface area (Å²) in [6, 6.07) is 24.0. The lowest BCUT2D eigenvalue weighted by Gasteiger charge is -2.08. The second kappa shape index (κ2) is 8.91. The number of thioether (sulfide) groups is 1. The van der Waals surface area contributed by atoms with E-state index in [9.17, 15) is 13.2 Å². The van der Waals surface area contributed by atoms with Crippen LogP contribution in [0.3, 0.4) is 0 Å². The molecule has 3 aromatic carbocycles. The molecular formula is C22H18N2O3S3. The Balaban J connectivity index is 1.32. The van der Waals surface area contributed by atoms with E-state index in [1.165, 1.54) is 23.1 Å². The molecule has 4 rings (SSSR count). The number of sulfonamides is 1. The van der Waals surface area contributed by atoms with Gasteiger partial charge in [-0.25, -0.2) is 8.42 Å². The Bertz CT molecular complexity index is 1270. The summed E-state index contributed by atoms with van der Waals surface area (Å²) < 4.78 is 27.3. The fraction of sp³-hybridized carbons (Fsp3) is 0.0455. The molecule has 0 bridgehead atoms. The normalized spacial score (nSPS) is 11.3. The molecule has 152 valence electrons. The van der Waals surface area contributed by atoms with Gasteiger partial charge in [0, 0.05) is 16.3 Å². The number of hydrogen-bond acceptors (Lipinski definition) is 5. The molecule has 0 fully saturated rings. The topological polar surface area (TPSA) is 75.3 Å². The van der Waals surface area contributed by atoms with Crippen LogP contribution in [0.4, 0.5) is 11.4 Å². The molecule has 0 saturated heterocycles. The third-order valence-corrected chi connectivity index (χ3v) is 8.06. The number of thiophene rings is 1. The Morgan fingerprint density at radius 2 is 1.60 bits per heavy atom. The molecule has 0 atom stereocenters. The van der Waals surface area contributed by atoms with Crippen LogP contribution in [0.2, 0.25) is 0 Å². The molecule has 0 unspecified atom stereocenters. The Morgan fingerprint density at radius 1 is 0.867 bits per heavy atom. The number of amides is 1. The maximum absolute atomic E-state index is 12.3. The number of hydrogen-bond donors (Lipinski definition) is 2. The Hall–Kier alpha value is -2.81.